The van der Waals surface area contributed by atoms with Gasteiger partial charge in [0, 0.05) is 25.7 Å². The average molecular weight is 551 g/mol. The van der Waals surface area contributed by atoms with Gasteiger partial charge in [-0.15, -0.1) is 0 Å². The van der Waals surface area contributed by atoms with Gasteiger partial charge in [0.05, 0.1) is 17.4 Å². The molecule has 1 aliphatic heterocycles. The minimum absolute atomic E-state index is 0.103. The van der Waals surface area contributed by atoms with Gasteiger partial charge in [-0.1, -0.05) is 48.9 Å². The van der Waals surface area contributed by atoms with E-state index in [4.69, 9.17) is 5.73 Å². The summed E-state index contributed by atoms with van der Waals surface area (Å²) < 4.78 is 28.2. The van der Waals surface area contributed by atoms with Gasteiger partial charge in [0.25, 0.3) is 0 Å². The topological polar surface area (TPSA) is 113 Å². The second kappa shape index (κ2) is 11.2. The molecule has 3 N–H and O–H groups in total. The van der Waals surface area contributed by atoms with Gasteiger partial charge in [0.2, 0.25) is 21.8 Å². The molecule has 5 rings (SSSR count). The Morgan fingerprint density at radius 2 is 1.82 bits per heavy atom. The first kappa shape index (κ1) is 27.6. The summed E-state index contributed by atoms with van der Waals surface area (Å²) in [6.45, 7) is 7.29. The summed E-state index contributed by atoms with van der Waals surface area (Å²) >= 11 is 0. The van der Waals surface area contributed by atoms with E-state index in [0.29, 0.717) is 6.04 Å². The molecule has 39 heavy (non-hydrogen) atoms. The summed E-state index contributed by atoms with van der Waals surface area (Å²) in [6, 6.07) is 12.1. The molecule has 208 valence electrons. The summed E-state index contributed by atoms with van der Waals surface area (Å²) in [4.78, 5) is 27.7. The molecule has 0 aromatic heterocycles. The fraction of sp³-hybridized carbons (Fsp3) is 0.467. The van der Waals surface area contributed by atoms with Crippen molar-refractivity contribution in [1.29, 1.82) is 0 Å². The summed E-state index contributed by atoms with van der Waals surface area (Å²) in [7, 11) is -3.98. The smallest absolute Gasteiger partial charge is 0.243 e. The molecule has 0 spiro atoms. The molecule has 1 heterocycles. The predicted octanol–water partition coefficient (Wildman–Crippen LogP) is 3.30. The number of sulfonamides is 1. The molecule has 1 saturated heterocycles. The largest absolute Gasteiger partial charge is 0.370 e. The highest BCUT2D eigenvalue weighted by Crippen LogP contribution is 2.38. The van der Waals surface area contributed by atoms with Crippen LogP contribution in [0.4, 0.5) is 0 Å². The second-order valence-corrected chi connectivity index (χ2v) is 13.0. The Bertz CT molecular complexity index is 1370. The summed E-state index contributed by atoms with van der Waals surface area (Å²) in [5.74, 6) is -1.08. The zero-order chi connectivity index (χ0) is 27.7. The molecule has 8 nitrogen and oxygen atoms in total. The van der Waals surface area contributed by atoms with E-state index in [1.54, 1.807) is 17.0 Å². The maximum absolute atomic E-state index is 13.9. The molecule has 2 fully saturated rings. The van der Waals surface area contributed by atoms with E-state index in [-0.39, 0.29) is 36.4 Å². The van der Waals surface area contributed by atoms with Crippen LogP contribution in [0, 0.1) is 6.92 Å². The van der Waals surface area contributed by atoms with Gasteiger partial charge in [0.1, 0.15) is 6.04 Å². The molecule has 1 unspecified atom stereocenters. The van der Waals surface area contributed by atoms with E-state index in [0.717, 1.165) is 52.4 Å². The van der Waals surface area contributed by atoms with Crippen molar-refractivity contribution >= 4 is 27.4 Å². The molecule has 0 bridgehead atoms. The Balaban J connectivity index is 1.37. The lowest BCUT2D eigenvalue weighted by Crippen LogP contribution is -2.60. The van der Waals surface area contributed by atoms with Crippen LogP contribution < -0.4 is 11.1 Å². The number of carbonyl (C=O) groups is 2. The number of hydrogen-bond donors (Lipinski definition) is 2. The normalized spacial score (nSPS) is 22.3. The first-order valence-corrected chi connectivity index (χ1v) is 15.3. The molecule has 1 saturated carbocycles. The molecule has 2 aromatic rings. The zero-order valence-corrected chi connectivity index (χ0v) is 23.4. The number of nitrogens with one attached hydrogen (secondary N) is 1. The number of primary amides is 1. The molecule has 2 aliphatic carbocycles. The van der Waals surface area contributed by atoms with E-state index in [2.05, 4.69) is 30.1 Å². The lowest BCUT2D eigenvalue weighted by Gasteiger charge is -2.44. The van der Waals surface area contributed by atoms with Crippen molar-refractivity contribution in [2.45, 2.75) is 74.9 Å². The number of benzene rings is 2. The van der Waals surface area contributed by atoms with Gasteiger partial charge in [-0.3, -0.25) is 9.59 Å². The third-order valence-corrected chi connectivity index (χ3v) is 10.3. The van der Waals surface area contributed by atoms with E-state index < -0.39 is 22.0 Å². The maximum atomic E-state index is 13.9. The fourth-order valence-electron chi connectivity index (χ4n) is 5.92. The third-order valence-electron chi connectivity index (χ3n) is 8.42. The Morgan fingerprint density at radius 3 is 2.49 bits per heavy atom. The highest BCUT2D eigenvalue weighted by molar-refractivity contribution is 7.89. The number of fused-ring (bicyclic) bond motifs is 1. The zero-order valence-electron chi connectivity index (χ0n) is 22.6. The molecule has 2 aromatic carbocycles. The van der Waals surface area contributed by atoms with Crippen LogP contribution in [0.3, 0.4) is 0 Å². The Labute approximate surface area is 231 Å². The number of amides is 2. The standard InChI is InChI=1S/C30H38N4O4S/c1-20-9-12-25(13-10-20)39(37,38)34-16-15-33(30(36)28(34)18-29(31)35)27-8-3-5-23-17-22(11-14-26(23)27)21(2)19-32-24-6-4-7-24/h9-14,17,24,27-28,32H,2-8,15-16,18-19H2,1H3,(H2,31,35)/t27-,28?/m1/s1. The van der Waals surface area contributed by atoms with Crippen LogP contribution in [-0.4, -0.2) is 61.2 Å². The average Bonchev–Trinajstić information content (AvgIpc) is 2.88. The van der Waals surface area contributed by atoms with Crippen LogP contribution in [0.5, 0.6) is 0 Å². The van der Waals surface area contributed by atoms with Gasteiger partial charge in [-0.25, -0.2) is 8.42 Å². The fourth-order valence-corrected chi connectivity index (χ4v) is 7.50. The first-order chi connectivity index (χ1) is 18.6. The van der Waals surface area contributed by atoms with Crippen molar-refractivity contribution in [3.8, 4) is 0 Å². The third kappa shape index (κ3) is 5.66. The van der Waals surface area contributed by atoms with Crippen molar-refractivity contribution in [2.24, 2.45) is 5.73 Å². The maximum Gasteiger partial charge on any atom is 0.243 e. The number of rotatable bonds is 9. The van der Waals surface area contributed by atoms with Gasteiger partial charge >= 0.3 is 0 Å². The quantitative estimate of drug-likeness (QED) is 0.498. The summed E-state index contributed by atoms with van der Waals surface area (Å²) in [5, 5.41) is 3.57. The minimum atomic E-state index is -3.98. The van der Waals surface area contributed by atoms with E-state index in [1.807, 2.05) is 6.92 Å². The van der Waals surface area contributed by atoms with Gasteiger partial charge < -0.3 is 16.0 Å². The Hall–Kier alpha value is -3.01. The van der Waals surface area contributed by atoms with E-state index in [9.17, 15) is 18.0 Å². The molecule has 2 amide bonds. The second-order valence-electron chi connectivity index (χ2n) is 11.1. The van der Waals surface area contributed by atoms with Crippen molar-refractivity contribution in [3.63, 3.8) is 0 Å². The van der Waals surface area contributed by atoms with Crippen molar-refractivity contribution in [1.82, 2.24) is 14.5 Å². The van der Waals surface area contributed by atoms with E-state index >= 15 is 0 Å². The first-order valence-electron chi connectivity index (χ1n) is 13.9. The van der Waals surface area contributed by atoms with E-state index in [1.165, 1.54) is 37.0 Å². The van der Waals surface area contributed by atoms with Gasteiger partial charge in [0.15, 0.2) is 0 Å². The molecular weight excluding hydrogens is 512 g/mol. The monoisotopic (exact) mass is 550 g/mol. The number of nitrogens with zero attached hydrogens (tertiary/aromatic N) is 2. The molecule has 3 aliphatic rings. The Kier molecular flexibility index (Phi) is 7.94. The number of carbonyl (C=O) groups excluding carboxylic acids is 2. The van der Waals surface area contributed by atoms with Gasteiger partial charge in [-0.2, -0.15) is 4.31 Å². The number of aryl methyl sites for hydroxylation is 2. The molecular formula is C30H38N4O4S. The molecule has 9 heteroatoms. The van der Waals surface area contributed by atoms with Crippen LogP contribution in [0.15, 0.2) is 53.9 Å². The minimum Gasteiger partial charge on any atom is -0.370 e. The molecule has 2 atom stereocenters. The Morgan fingerprint density at radius 1 is 1.08 bits per heavy atom. The van der Waals surface area contributed by atoms with Crippen molar-refractivity contribution in [2.75, 3.05) is 19.6 Å². The van der Waals surface area contributed by atoms with Crippen molar-refractivity contribution in [3.05, 3.63) is 71.3 Å². The lowest BCUT2D eigenvalue weighted by molar-refractivity contribution is -0.144. The number of nitrogens with two attached hydrogens (primary N) is 1. The predicted molar refractivity (Wildman–Crippen MR) is 151 cm³/mol. The highest BCUT2D eigenvalue weighted by atomic mass is 32.2. The number of piperazine rings is 1. The highest BCUT2D eigenvalue weighted by Gasteiger charge is 2.45. The lowest BCUT2D eigenvalue weighted by atomic mass is 9.84. The van der Waals surface area contributed by atoms with Crippen LogP contribution in [0.1, 0.15) is 66.8 Å². The van der Waals surface area contributed by atoms with Crippen molar-refractivity contribution < 1.29 is 18.0 Å². The SMILES string of the molecule is C=C(CNC1CCC1)c1ccc2c(c1)CCC[C@H]2N1CCN(S(=O)(=O)c2ccc(C)cc2)C(CC(N)=O)C1=O. The number of hydrogen-bond acceptors (Lipinski definition) is 5. The molecule has 0 radical (unpaired) electrons. The van der Waals surface area contributed by atoms with Crippen LogP contribution >= 0.6 is 0 Å². The van der Waals surface area contributed by atoms with Gasteiger partial charge in [-0.05, 0) is 73.4 Å². The van der Waals surface area contributed by atoms with Crippen LogP contribution in [0.25, 0.3) is 5.57 Å². The summed E-state index contributed by atoms with van der Waals surface area (Å²) in [5.41, 5.74) is 10.9. The summed E-state index contributed by atoms with van der Waals surface area (Å²) in [6.07, 6.45) is 6.01. The van der Waals surface area contributed by atoms with Crippen LogP contribution in [0.2, 0.25) is 0 Å². The van der Waals surface area contributed by atoms with Crippen LogP contribution in [-0.2, 0) is 26.0 Å².